The summed E-state index contributed by atoms with van der Waals surface area (Å²) in [7, 11) is 0. The lowest BCUT2D eigenvalue weighted by molar-refractivity contribution is 0.00122. The molecule has 2 amide bonds. The molecule has 1 atom stereocenters. The summed E-state index contributed by atoms with van der Waals surface area (Å²) in [4.78, 5) is 25.6. The van der Waals surface area contributed by atoms with Crippen molar-refractivity contribution >= 4 is 12.2 Å². The van der Waals surface area contributed by atoms with Crippen LogP contribution in [-0.4, -0.2) is 64.9 Å². The monoisotopic (exact) mass is 259 g/mol. The molecular formula is C11H21N3O4. The van der Waals surface area contributed by atoms with Crippen molar-refractivity contribution in [1.29, 1.82) is 0 Å². The van der Waals surface area contributed by atoms with Crippen LogP contribution in [0.15, 0.2) is 0 Å². The van der Waals surface area contributed by atoms with E-state index in [0.29, 0.717) is 6.54 Å². The minimum absolute atomic E-state index is 0.211. The molecule has 7 heteroatoms. The van der Waals surface area contributed by atoms with E-state index in [4.69, 9.17) is 15.6 Å². The van der Waals surface area contributed by atoms with Crippen LogP contribution in [0.5, 0.6) is 0 Å². The summed E-state index contributed by atoms with van der Waals surface area (Å²) in [5, 5.41) is 8.91. The molecule has 0 aromatic heterocycles. The molecule has 1 aliphatic heterocycles. The summed E-state index contributed by atoms with van der Waals surface area (Å²) in [6.07, 6.45) is -1.43. The largest absolute Gasteiger partial charge is 0.465 e. The maximum atomic E-state index is 11.9. The van der Waals surface area contributed by atoms with Gasteiger partial charge in [0.15, 0.2) is 0 Å². The molecular weight excluding hydrogens is 238 g/mol. The maximum absolute atomic E-state index is 11.9. The number of hydrogen-bond donors (Lipinski definition) is 2. The van der Waals surface area contributed by atoms with Crippen LogP contribution >= 0.6 is 0 Å². The molecule has 1 heterocycles. The van der Waals surface area contributed by atoms with Crippen molar-refractivity contribution in [2.45, 2.75) is 32.4 Å². The van der Waals surface area contributed by atoms with Crippen molar-refractivity contribution in [2.24, 2.45) is 5.73 Å². The van der Waals surface area contributed by atoms with Gasteiger partial charge in [0.25, 0.3) is 0 Å². The molecule has 0 bridgehead atoms. The van der Waals surface area contributed by atoms with Crippen LogP contribution in [0, 0.1) is 0 Å². The summed E-state index contributed by atoms with van der Waals surface area (Å²) in [6, 6.07) is -0.329. The van der Waals surface area contributed by atoms with Gasteiger partial charge in [-0.25, -0.2) is 9.59 Å². The predicted molar refractivity (Wildman–Crippen MR) is 65.4 cm³/mol. The topological polar surface area (TPSA) is 96.1 Å². The molecule has 3 N–H and O–H groups in total. The van der Waals surface area contributed by atoms with Crippen LogP contribution in [0.1, 0.15) is 20.8 Å². The van der Waals surface area contributed by atoms with Gasteiger partial charge in [-0.05, 0) is 20.8 Å². The minimum atomic E-state index is -0.989. The fourth-order valence-corrected chi connectivity index (χ4v) is 1.79. The molecule has 0 aromatic carbocycles. The van der Waals surface area contributed by atoms with E-state index in [2.05, 4.69) is 0 Å². The quantitative estimate of drug-likeness (QED) is 0.716. The predicted octanol–water partition coefficient (Wildman–Crippen LogP) is 0.544. The number of carboxylic acid groups (broad SMARTS) is 1. The third-order valence-corrected chi connectivity index (χ3v) is 2.65. The van der Waals surface area contributed by atoms with E-state index in [1.807, 2.05) is 0 Å². The Hall–Kier alpha value is -1.50. The van der Waals surface area contributed by atoms with Gasteiger partial charge < -0.3 is 25.4 Å². The van der Waals surface area contributed by atoms with E-state index in [1.54, 1.807) is 20.8 Å². The highest BCUT2D eigenvalue weighted by Gasteiger charge is 2.33. The lowest BCUT2D eigenvalue weighted by Crippen LogP contribution is -2.59. The second-order valence-corrected chi connectivity index (χ2v) is 5.29. The third-order valence-electron chi connectivity index (χ3n) is 2.65. The van der Waals surface area contributed by atoms with Crippen molar-refractivity contribution in [1.82, 2.24) is 9.80 Å². The smallest absolute Gasteiger partial charge is 0.410 e. The number of piperazine rings is 1. The third kappa shape index (κ3) is 3.76. The summed E-state index contributed by atoms with van der Waals surface area (Å²) in [6.45, 7) is 6.39. The minimum Gasteiger partial charge on any atom is -0.465 e. The van der Waals surface area contributed by atoms with E-state index in [1.165, 1.54) is 9.80 Å². The average Bonchev–Trinajstić information content (AvgIpc) is 2.25. The normalized spacial score (nSPS) is 20.8. The molecule has 0 aliphatic carbocycles. The Labute approximate surface area is 106 Å². The van der Waals surface area contributed by atoms with Gasteiger partial charge in [0.2, 0.25) is 0 Å². The number of nitrogens with zero attached hydrogens (tertiary/aromatic N) is 2. The van der Waals surface area contributed by atoms with Crippen molar-refractivity contribution < 1.29 is 19.4 Å². The first-order chi connectivity index (χ1) is 8.24. The van der Waals surface area contributed by atoms with Gasteiger partial charge in [0.1, 0.15) is 5.60 Å². The first-order valence-corrected chi connectivity index (χ1v) is 5.92. The van der Waals surface area contributed by atoms with Gasteiger partial charge in [-0.3, -0.25) is 0 Å². The second-order valence-electron chi connectivity index (χ2n) is 5.29. The first kappa shape index (κ1) is 14.6. The molecule has 1 unspecified atom stereocenters. The number of amides is 2. The Morgan fingerprint density at radius 1 is 1.39 bits per heavy atom. The number of hydrogen-bond acceptors (Lipinski definition) is 4. The zero-order valence-corrected chi connectivity index (χ0v) is 11.0. The second kappa shape index (κ2) is 5.43. The summed E-state index contributed by atoms with van der Waals surface area (Å²) >= 11 is 0. The lowest BCUT2D eigenvalue weighted by atomic mass is 10.1. The van der Waals surface area contributed by atoms with Crippen LogP contribution in [0.25, 0.3) is 0 Å². The Morgan fingerprint density at radius 2 is 2.00 bits per heavy atom. The van der Waals surface area contributed by atoms with Crippen LogP contribution in [-0.2, 0) is 4.74 Å². The molecule has 0 spiro atoms. The summed E-state index contributed by atoms with van der Waals surface area (Å²) in [5.74, 6) is 0. The molecule has 1 fully saturated rings. The van der Waals surface area contributed by atoms with Gasteiger partial charge in [-0.2, -0.15) is 0 Å². The molecule has 104 valence electrons. The van der Waals surface area contributed by atoms with Crippen LogP contribution in [0.4, 0.5) is 9.59 Å². The summed E-state index contributed by atoms with van der Waals surface area (Å²) in [5.41, 5.74) is 5.02. The Bertz CT molecular complexity index is 327. The zero-order valence-electron chi connectivity index (χ0n) is 11.0. The van der Waals surface area contributed by atoms with Crippen LogP contribution in [0.3, 0.4) is 0 Å². The maximum Gasteiger partial charge on any atom is 0.410 e. The molecule has 1 aliphatic rings. The van der Waals surface area contributed by atoms with Crippen molar-refractivity contribution in [3.63, 3.8) is 0 Å². The van der Waals surface area contributed by atoms with Crippen LogP contribution in [0.2, 0.25) is 0 Å². The van der Waals surface area contributed by atoms with Gasteiger partial charge in [-0.15, -0.1) is 0 Å². The Balaban J connectivity index is 2.67. The van der Waals surface area contributed by atoms with Gasteiger partial charge >= 0.3 is 12.2 Å². The van der Waals surface area contributed by atoms with E-state index >= 15 is 0 Å². The summed E-state index contributed by atoms with van der Waals surface area (Å²) < 4.78 is 5.27. The van der Waals surface area contributed by atoms with E-state index in [9.17, 15) is 9.59 Å². The number of carbonyl (C=O) groups is 2. The van der Waals surface area contributed by atoms with Gasteiger partial charge in [0, 0.05) is 26.2 Å². The van der Waals surface area contributed by atoms with Crippen molar-refractivity contribution in [3.8, 4) is 0 Å². The SMILES string of the molecule is CC(C)(C)OC(=O)N1CCN(C(=O)O)CC1CN. The first-order valence-electron chi connectivity index (χ1n) is 5.92. The molecule has 18 heavy (non-hydrogen) atoms. The number of ether oxygens (including phenoxy) is 1. The fraction of sp³-hybridized carbons (Fsp3) is 0.818. The molecule has 1 rings (SSSR count). The number of rotatable bonds is 1. The Morgan fingerprint density at radius 3 is 2.44 bits per heavy atom. The highest BCUT2D eigenvalue weighted by atomic mass is 16.6. The average molecular weight is 259 g/mol. The molecule has 0 saturated carbocycles. The molecule has 1 saturated heterocycles. The fourth-order valence-electron chi connectivity index (χ4n) is 1.79. The van der Waals surface area contributed by atoms with E-state index < -0.39 is 17.8 Å². The van der Waals surface area contributed by atoms with Gasteiger partial charge in [-0.1, -0.05) is 0 Å². The van der Waals surface area contributed by atoms with Crippen molar-refractivity contribution in [2.75, 3.05) is 26.2 Å². The van der Waals surface area contributed by atoms with E-state index in [-0.39, 0.29) is 25.7 Å². The Kier molecular flexibility index (Phi) is 4.39. The lowest BCUT2D eigenvalue weighted by Gasteiger charge is -2.40. The number of carbonyl (C=O) groups excluding carboxylic acids is 1. The van der Waals surface area contributed by atoms with Crippen molar-refractivity contribution in [3.05, 3.63) is 0 Å². The highest BCUT2D eigenvalue weighted by molar-refractivity contribution is 5.70. The van der Waals surface area contributed by atoms with Gasteiger partial charge in [0.05, 0.1) is 6.04 Å². The van der Waals surface area contributed by atoms with Crippen LogP contribution < -0.4 is 5.73 Å². The zero-order chi connectivity index (χ0) is 13.9. The molecule has 0 aromatic rings. The number of nitrogens with two attached hydrogens (primary N) is 1. The highest BCUT2D eigenvalue weighted by Crippen LogP contribution is 2.15. The molecule has 0 radical (unpaired) electrons. The molecule has 7 nitrogen and oxygen atoms in total. The standard InChI is InChI=1S/C11H21N3O4/c1-11(2,3)18-10(17)14-5-4-13(9(15)16)7-8(14)6-12/h8H,4-7,12H2,1-3H3,(H,15,16). The van der Waals surface area contributed by atoms with E-state index in [0.717, 1.165) is 0 Å².